The molecule has 7 nitrogen and oxygen atoms in total. The molecule has 1 aliphatic carbocycles. The molecule has 0 saturated heterocycles. The van der Waals surface area contributed by atoms with E-state index in [1.165, 1.54) is 12.1 Å². The smallest absolute Gasteiger partial charge is 0.319 e. The lowest BCUT2D eigenvalue weighted by Crippen LogP contribution is -2.36. The van der Waals surface area contributed by atoms with Gasteiger partial charge in [-0.1, -0.05) is 35.9 Å². The molecule has 2 unspecified atom stereocenters. The van der Waals surface area contributed by atoms with Gasteiger partial charge in [-0.3, -0.25) is 10.1 Å². The van der Waals surface area contributed by atoms with Crippen LogP contribution >= 0.6 is 11.6 Å². The minimum Gasteiger partial charge on any atom is -0.390 e. The number of fused-ring (bicyclic) bond motifs is 1. The summed E-state index contributed by atoms with van der Waals surface area (Å²) in [5.74, 6) is 0. The zero-order valence-electron chi connectivity index (χ0n) is 12.4. The Balaban J connectivity index is 1.71. The van der Waals surface area contributed by atoms with Crippen molar-refractivity contribution in [3.05, 3.63) is 68.7 Å². The van der Waals surface area contributed by atoms with Gasteiger partial charge in [0.1, 0.15) is 0 Å². The third-order valence-electron chi connectivity index (χ3n) is 3.90. The molecule has 0 fully saturated rings. The van der Waals surface area contributed by atoms with Gasteiger partial charge in [0.25, 0.3) is 5.69 Å². The number of rotatable bonds is 3. The third kappa shape index (κ3) is 3.17. The van der Waals surface area contributed by atoms with Crippen molar-refractivity contribution in [3.8, 4) is 0 Å². The number of carbonyl (C=O) groups is 1. The Kier molecular flexibility index (Phi) is 4.37. The van der Waals surface area contributed by atoms with E-state index < -0.39 is 23.1 Å². The maximum atomic E-state index is 12.2. The second kappa shape index (κ2) is 6.46. The molecule has 3 rings (SSSR count). The largest absolute Gasteiger partial charge is 0.390 e. The highest BCUT2D eigenvalue weighted by atomic mass is 35.5. The molecule has 2 atom stereocenters. The van der Waals surface area contributed by atoms with E-state index in [2.05, 4.69) is 10.6 Å². The first-order valence-electron chi connectivity index (χ1n) is 7.23. The summed E-state index contributed by atoms with van der Waals surface area (Å²) in [6.07, 6.45) is -0.236. The first kappa shape index (κ1) is 16.2. The molecule has 8 heteroatoms. The van der Waals surface area contributed by atoms with Crippen molar-refractivity contribution < 1.29 is 14.8 Å². The number of halogens is 1. The van der Waals surface area contributed by atoms with E-state index in [1.807, 2.05) is 24.3 Å². The van der Waals surface area contributed by atoms with Crippen molar-refractivity contribution in [1.29, 1.82) is 0 Å². The average molecular weight is 348 g/mol. The van der Waals surface area contributed by atoms with Crippen molar-refractivity contribution in [2.24, 2.45) is 0 Å². The van der Waals surface area contributed by atoms with Gasteiger partial charge in [0.15, 0.2) is 0 Å². The fraction of sp³-hybridized carbons (Fsp3) is 0.188. The molecule has 0 radical (unpaired) electrons. The Morgan fingerprint density at radius 3 is 2.75 bits per heavy atom. The topological polar surface area (TPSA) is 104 Å². The van der Waals surface area contributed by atoms with Gasteiger partial charge < -0.3 is 15.7 Å². The fourth-order valence-corrected chi connectivity index (χ4v) is 2.99. The van der Waals surface area contributed by atoms with E-state index in [0.29, 0.717) is 6.42 Å². The number of nitrogens with one attached hydrogen (secondary N) is 2. The third-order valence-corrected chi connectivity index (χ3v) is 4.21. The Morgan fingerprint density at radius 1 is 1.29 bits per heavy atom. The van der Waals surface area contributed by atoms with Crippen molar-refractivity contribution in [2.75, 3.05) is 5.32 Å². The van der Waals surface area contributed by atoms with Crippen LogP contribution in [0.5, 0.6) is 0 Å². The predicted octanol–water partition coefficient (Wildman–Crippen LogP) is 3.03. The van der Waals surface area contributed by atoms with E-state index in [4.69, 9.17) is 11.6 Å². The lowest BCUT2D eigenvalue weighted by atomic mass is 10.1. The first-order chi connectivity index (χ1) is 11.5. The Bertz CT molecular complexity index is 812. The van der Waals surface area contributed by atoms with Gasteiger partial charge >= 0.3 is 6.03 Å². The van der Waals surface area contributed by atoms with E-state index in [9.17, 15) is 20.0 Å². The summed E-state index contributed by atoms with van der Waals surface area (Å²) in [5, 5.41) is 26.1. The molecule has 2 amide bonds. The first-order valence-corrected chi connectivity index (χ1v) is 7.61. The van der Waals surface area contributed by atoms with Gasteiger partial charge in [-0.25, -0.2) is 4.79 Å². The van der Waals surface area contributed by atoms with Crippen LogP contribution in [0.1, 0.15) is 17.2 Å². The quantitative estimate of drug-likeness (QED) is 0.586. The molecule has 124 valence electrons. The number of urea groups is 1. The molecule has 0 aliphatic heterocycles. The number of anilines is 1. The lowest BCUT2D eigenvalue weighted by molar-refractivity contribution is -0.384. The number of nitro benzene ring substituents is 1. The molecule has 0 spiro atoms. The monoisotopic (exact) mass is 347 g/mol. The summed E-state index contributed by atoms with van der Waals surface area (Å²) in [4.78, 5) is 22.3. The summed E-state index contributed by atoms with van der Waals surface area (Å²) < 4.78 is 0. The molecule has 2 aromatic carbocycles. The highest BCUT2D eigenvalue weighted by molar-refractivity contribution is 6.33. The summed E-state index contributed by atoms with van der Waals surface area (Å²) in [7, 11) is 0. The van der Waals surface area contributed by atoms with Gasteiger partial charge in [0.2, 0.25) is 0 Å². The number of carbonyl (C=O) groups excluding carboxylic acids is 1. The number of benzene rings is 2. The summed E-state index contributed by atoms with van der Waals surface area (Å²) >= 11 is 5.95. The van der Waals surface area contributed by atoms with Crippen molar-refractivity contribution in [2.45, 2.75) is 18.6 Å². The number of aliphatic hydroxyl groups is 1. The molecule has 24 heavy (non-hydrogen) atoms. The van der Waals surface area contributed by atoms with Crippen LogP contribution in [0.25, 0.3) is 0 Å². The molecular weight excluding hydrogens is 334 g/mol. The van der Waals surface area contributed by atoms with Gasteiger partial charge in [-0.2, -0.15) is 0 Å². The van der Waals surface area contributed by atoms with Gasteiger partial charge in [-0.05, 0) is 17.2 Å². The van der Waals surface area contributed by atoms with E-state index in [0.717, 1.165) is 17.2 Å². The number of non-ortho nitro benzene ring substituents is 1. The normalized spacial score (nSPS) is 18.8. The minimum atomic E-state index is -0.708. The van der Waals surface area contributed by atoms with Crippen LogP contribution < -0.4 is 10.6 Å². The molecule has 1 aliphatic rings. The lowest BCUT2D eigenvalue weighted by Gasteiger charge is -2.18. The molecule has 0 aromatic heterocycles. The fourth-order valence-electron chi connectivity index (χ4n) is 2.77. The van der Waals surface area contributed by atoms with Gasteiger partial charge in [0, 0.05) is 18.6 Å². The molecular formula is C16H14ClN3O4. The molecule has 0 bridgehead atoms. The van der Waals surface area contributed by atoms with Crippen LogP contribution in [0.4, 0.5) is 16.2 Å². The van der Waals surface area contributed by atoms with E-state index in [-0.39, 0.29) is 16.4 Å². The van der Waals surface area contributed by atoms with Crippen molar-refractivity contribution >= 4 is 29.0 Å². The van der Waals surface area contributed by atoms with Gasteiger partial charge in [0.05, 0.1) is 27.8 Å². The van der Waals surface area contributed by atoms with E-state index >= 15 is 0 Å². The van der Waals surface area contributed by atoms with Crippen LogP contribution in [0.2, 0.25) is 5.02 Å². The second-order valence-electron chi connectivity index (χ2n) is 5.47. The van der Waals surface area contributed by atoms with Gasteiger partial charge in [-0.15, -0.1) is 0 Å². The Labute approximate surface area is 142 Å². The summed E-state index contributed by atoms with van der Waals surface area (Å²) in [6.45, 7) is 0. The SMILES string of the molecule is O=C(Nc1ccc([N+](=O)[O-])cc1Cl)NC1c2ccccc2CC1O. The number of amides is 2. The van der Waals surface area contributed by atoms with E-state index in [1.54, 1.807) is 0 Å². The predicted molar refractivity (Wildman–Crippen MR) is 89.2 cm³/mol. The average Bonchev–Trinajstić information content (AvgIpc) is 2.85. The van der Waals surface area contributed by atoms with Crippen LogP contribution in [-0.2, 0) is 6.42 Å². The maximum absolute atomic E-state index is 12.2. The van der Waals surface area contributed by atoms with Crippen LogP contribution in [0.3, 0.4) is 0 Å². The molecule has 0 heterocycles. The summed E-state index contributed by atoms with van der Waals surface area (Å²) in [5.41, 5.74) is 1.95. The zero-order chi connectivity index (χ0) is 17.3. The number of hydrogen-bond donors (Lipinski definition) is 3. The van der Waals surface area contributed by atoms with Crippen LogP contribution in [0, 0.1) is 10.1 Å². The number of hydrogen-bond acceptors (Lipinski definition) is 4. The van der Waals surface area contributed by atoms with Crippen molar-refractivity contribution in [1.82, 2.24) is 5.32 Å². The Morgan fingerprint density at radius 2 is 2.04 bits per heavy atom. The molecule has 3 N–H and O–H groups in total. The number of nitro groups is 1. The zero-order valence-corrected chi connectivity index (χ0v) is 13.2. The Hall–Kier alpha value is -2.64. The van der Waals surface area contributed by atoms with Crippen LogP contribution in [-0.4, -0.2) is 22.2 Å². The molecule has 2 aromatic rings. The molecule has 0 saturated carbocycles. The highest BCUT2D eigenvalue weighted by Gasteiger charge is 2.31. The van der Waals surface area contributed by atoms with Crippen LogP contribution in [0.15, 0.2) is 42.5 Å². The number of aliphatic hydroxyl groups excluding tert-OH is 1. The second-order valence-corrected chi connectivity index (χ2v) is 5.87. The summed E-state index contributed by atoms with van der Waals surface area (Å²) in [6, 6.07) is 10.2. The number of nitrogens with zero attached hydrogens (tertiary/aromatic N) is 1. The highest BCUT2D eigenvalue weighted by Crippen LogP contribution is 2.31. The standard InChI is InChI=1S/C16H14ClN3O4/c17-12-8-10(20(23)24)5-6-13(12)18-16(22)19-15-11-4-2-1-3-9(11)7-14(15)21/h1-6,8,14-15,21H,7H2,(H2,18,19,22). The maximum Gasteiger partial charge on any atom is 0.319 e. The minimum absolute atomic E-state index is 0.0618. The van der Waals surface area contributed by atoms with Crippen molar-refractivity contribution in [3.63, 3.8) is 0 Å².